The van der Waals surface area contributed by atoms with Gasteiger partial charge in [-0.1, -0.05) is 0 Å². The van der Waals surface area contributed by atoms with Gasteiger partial charge in [-0.05, 0) is 25.0 Å². The summed E-state index contributed by atoms with van der Waals surface area (Å²) in [7, 11) is -12.0. The van der Waals surface area contributed by atoms with Crippen molar-refractivity contribution in [1.29, 1.82) is 0 Å². The largest absolute Gasteiger partial charge is 0.673 e. The minimum Gasteiger partial charge on any atom is -0.418 e. The van der Waals surface area contributed by atoms with Gasteiger partial charge in [0.2, 0.25) is 13.1 Å². The third-order valence-corrected chi connectivity index (χ3v) is 2.73. The zero-order valence-electron chi connectivity index (χ0n) is 14.1. The Morgan fingerprint density at radius 2 is 0.769 bits per heavy atom. The first-order chi connectivity index (χ1) is 11.7. The topological polar surface area (TPSA) is 7.76 Å². The third-order valence-electron chi connectivity index (χ3n) is 2.73. The first-order valence-corrected chi connectivity index (χ1v) is 7.40. The molecule has 26 heavy (non-hydrogen) atoms. The van der Waals surface area contributed by atoms with Gasteiger partial charge in [-0.2, -0.15) is 9.13 Å². The Balaban J connectivity index is 0.000000520. The van der Waals surface area contributed by atoms with Crippen LogP contribution in [-0.4, -0.2) is 14.5 Å². The van der Waals surface area contributed by atoms with Crippen LogP contribution in [-0.2, 0) is 13.1 Å². The summed E-state index contributed by atoms with van der Waals surface area (Å²) in [5, 5.41) is 0. The molecule has 0 amide bonds. The van der Waals surface area contributed by atoms with Gasteiger partial charge >= 0.3 is 14.5 Å². The third kappa shape index (κ3) is 18.2. The van der Waals surface area contributed by atoms with E-state index in [0.29, 0.717) is 0 Å². The predicted octanol–water partition coefficient (Wildman–Crippen LogP) is 4.18. The van der Waals surface area contributed by atoms with Gasteiger partial charge < -0.3 is 34.5 Å². The minimum absolute atomic E-state index is 1.01. The summed E-state index contributed by atoms with van der Waals surface area (Å²) in [6, 6.07) is 8.55. The molecule has 0 aliphatic heterocycles. The average Bonchev–Trinajstić information content (AvgIpc) is 2.45. The minimum atomic E-state index is -6.00. The molecule has 2 rings (SSSR count). The maximum Gasteiger partial charge on any atom is 0.673 e. The van der Waals surface area contributed by atoms with E-state index in [1.807, 2.05) is 0 Å². The fraction of sp³-hybridized carbons (Fsp3) is 0.286. The fourth-order valence-electron chi connectivity index (χ4n) is 1.59. The van der Waals surface area contributed by atoms with Crippen molar-refractivity contribution in [2.24, 2.45) is 0 Å². The molecule has 0 saturated carbocycles. The summed E-state index contributed by atoms with van der Waals surface area (Å²) in [6.45, 7) is 6.24. The molecule has 0 bridgehead atoms. The molecule has 0 N–H and O–H groups in total. The number of hydrogen-bond acceptors (Lipinski definition) is 0. The van der Waals surface area contributed by atoms with Crippen LogP contribution < -0.4 is 9.13 Å². The van der Waals surface area contributed by atoms with Gasteiger partial charge in [-0.15, -0.1) is 0 Å². The van der Waals surface area contributed by atoms with Crippen LogP contribution in [0.2, 0.25) is 0 Å². The van der Waals surface area contributed by atoms with Gasteiger partial charge in [-0.3, -0.25) is 0 Å². The molecular weight excluding hydrogens is 370 g/mol. The van der Waals surface area contributed by atoms with E-state index >= 15 is 0 Å². The number of aryl methyl sites for hydroxylation is 4. The van der Waals surface area contributed by atoms with Crippen molar-refractivity contribution >= 4 is 14.5 Å². The second kappa shape index (κ2) is 10.8. The molecule has 0 atom stereocenters. The van der Waals surface area contributed by atoms with Crippen molar-refractivity contribution in [3.8, 4) is 0 Å². The number of halogens is 8. The van der Waals surface area contributed by atoms with Crippen LogP contribution in [0.3, 0.4) is 0 Å². The Kier molecular flexibility index (Phi) is 9.89. The summed E-state index contributed by atoms with van der Waals surface area (Å²) in [5.41, 5.74) is 2.61. The summed E-state index contributed by atoms with van der Waals surface area (Å²) in [4.78, 5) is 0. The molecule has 0 aliphatic rings. The molecule has 0 unspecified atom stereocenters. The number of hydrogen-bond donors (Lipinski definition) is 0. The first kappa shape index (κ1) is 23.9. The second-order valence-corrected chi connectivity index (χ2v) is 5.22. The van der Waals surface area contributed by atoms with Crippen LogP contribution in [0.5, 0.6) is 0 Å². The zero-order valence-corrected chi connectivity index (χ0v) is 14.1. The smallest absolute Gasteiger partial charge is 0.418 e. The lowest BCUT2D eigenvalue weighted by Crippen LogP contribution is -2.43. The maximum atomic E-state index is 9.75. The Bertz CT molecular complexity index is 558. The van der Waals surface area contributed by atoms with Gasteiger partial charge in [0.25, 0.3) is 0 Å². The lowest BCUT2D eigenvalue weighted by atomic mass is 10.3. The van der Waals surface area contributed by atoms with Crippen LogP contribution in [0.25, 0.3) is 0 Å². The van der Waals surface area contributed by atoms with Crippen molar-refractivity contribution in [2.45, 2.75) is 26.9 Å². The molecule has 0 radical (unpaired) electrons. The van der Waals surface area contributed by atoms with Crippen molar-refractivity contribution in [1.82, 2.24) is 0 Å². The highest BCUT2D eigenvalue weighted by Gasteiger charge is 2.21. The molecule has 0 fully saturated rings. The lowest BCUT2D eigenvalue weighted by Gasteiger charge is -1.96. The summed E-state index contributed by atoms with van der Waals surface area (Å²) in [6.07, 6.45) is 8.52. The first-order valence-electron chi connectivity index (χ1n) is 7.40. The molecule has 146 valence electrons. The van der Waals surface area contributed by atoms with Gasteiger partial charge in [0.05, 0.1) is 0 Å². The van der Waals surface area contributed by atoms with E-state index in [9.17, 15) is 34.5 Å². The van der Waals surface area contributed by atoms with Crippen LogP contribution in [0.1, 0.15) is 11.1 Å². The molecule has 2 aromatic heterocycles. The zero-order chi connectivity index (χ0) is 20.4. The van der Waals surface area contributed by atoms with Gasteiger partial charge in [0.15, 0.2) is 24.8 Å². The fourth-order valence-corrected chi connectivity index (χ4v) is 1.59. The Morgan fingerprint density at radius 1 is 0.577 bits per heavy atom. The summed E-state index contributed by atoms with van der Waals surface area (Å²) >= 11 is 0. The van der Waals surface area contributed by atoms with Crippen LogP contribution in [0.4, 0.5) is 34.5 Å². The monoisotopic (exact) mass is 388 g/mol. The number of rotatable bonds is 3. The van der Waals surface area contributed by atoms with Gasteiger partial charge in [-0.25, -0.2) is 0 Å². The standard InChI is InChI=1S/C14H18N2.2BF4/c1-13-3-7-15(8-4-13)11-12-16-9-5-14(2)6-10-16;2*2-1(3,4)5/h3-10H,11-12H2,1-2H3;;/q+2;2*-1. The second-order valence-electron chi connectivity index (χ2n) is 5.22. The number of aromatic nitrogens is 2. The van der Waals surface area contributed by atoms with E-state index in [1.54, 1.807) is 0 Å². The van der Waals surface area contributed by atoms with Crippen LogP contribution in [0.15, 0.2) is 49.1 Å². The molecular formula is C14H18B2F8N2. The molecule has 0 spiro atoms. The molecule has 0 aliphatic carbocycles. The van der Waals surface area contributed by atoms with E-state index < -0.39 is 14.5 Å². The van der Waals surface area contributed by atoms with Gasteiger partial charge in [0, 0.05) is 24.3 Å². The Morgan fingerprint density at radius 3 is 0.962 bits per heavy atom. The number of nitrogens with zero attached hydrogens (tertiary/aromatic N) is 2. The van der Waals surface area contributed by atoms with E-state index in [0.717, 1.165) is 13.1 Å². The van der Waals surface area contributed by atoms with E-state index in [1.165, 1.54) is 11.1 Å². The van der Waals surface area contributed by atoms with Crippen molar-refractivity contribution < 1.29 is 43.7 Å². The molecule has 2 nitrogen and oxygen atoms in total. The molecule has 2 heterocycles. The van der Waals surface area contributed by atoms with E-state index in [2.05, 4.69) is 72.0 Å². The van der Waals surface area contributed by atoms with Crippen molar-refractivity contribution in [3.05, 3.63) is 60.2 Å². The van der Waals surface area contributed by atoms with Crippen molar-refractivity contribution in [3.63, 3.8) is 0 Å². The summed E-state index contributed by atoms with van der Waals surface area (Å²) in [5.74, 6) is 0. The SMILES string of the molecule is Cc1cc[n+](CC[n+]2ccc(C)cc2)cc1.F[B-](F)(F)F.F[B-](F)(F)F. The van der Waals surface area contributed by atoms with Crippen molar-refractivity contribution in [2.75, 3.05) is 0 Å². The van der Waals surface area contributed by atoms with Crippen LogP contribution >= 0.6 is 0 Å². The summed E-state index contributed by atoms with van der Waals surface area (Å²) < 4.78 is 82.4. The van der Waals surface area contributed by atoms with E-state index in [4.69, 9.17) is 0 Å². The average molecular weight is 388 g/mol. The Labute approximate surface area is 146 Å². The number of pyridine rings is 2. The molecule has 0 aromatic carbocycles. The highest BCUT2D eigenvalue weighted by atomic mass is 19.5. The molecule has 2 aromatic rings. The van der Waals surface area contributed by atoms with E-state index in [-0.39, 0.29) is 0 Å². The van der Waals surface area contributed by atoms with Gasteiger partial charge in [0.1, 0.15) is 0 Å². The highest BCUT2D eigenvalue weighted by Crippen LogP contribution is 2.07. The quantitative estimate of drug-likeness (QED) is 0.424. The highest BCUT2D eigenvalue weighted by molar-refractivity contribution is 6.50. The lowest BCUT2D eigenvalue weighted by molar-refractivity contribution is -0.778. The van der Waals surface area contributed by atoms with Crippen LogP contribution in [0, 0.1) is 13.8 Å². The molecule has 12 heteroatoms. The molecule has 0 saturated heterocycles. The normalized spacial score (nSPS) is 11.0. The maximum absolute atomic E-state index is 9.75. The Hall–Kier alpha value is -2.13. The predicted molar refractivity (Wildman–Crippen MR) is 83.1 cm³/mol.